The summed E-state index contributed by atoms with van der Waals surface area (Å²) in [6.07, 6.45) is 0. The highest BCUT2D eigenvalue weighted by atomic mass is 35.5. The fraction of sp³-hybridized carbons (Fsp3) is 0.222. The average Bonchev–Trinajstić information content (AvgIpc) is 2.58. The van der Waals surface area contributed by atoms with Crippen LogP contribution in [0.1, 0.15) is 5.56 Å². The van der Waals surface area contributed by atoms with Crippen LogP contribution < -0.4 is 10.6 Å². The summed E-state index contributed by atoms with van der Waals surface area (Å²) in [7, 11) is 1.67. The van der Waals surface area contributed by atoms with Gasteiger partial charge in [-0.1, -0.05) is 29.8 Å². The molecule has 0 spiro atoms. The first-order valence-corrected chi connectivity index (χ1v) is 8.08. The van der Waals surface area contributed by atoms with E-state index in [4.69, 9.17) is 16.3 Å². The molecular formula is C18H19ClN4O. The molecule has 1 heterocycles. The molecule has 3 aromatic rings. The molecule has 124 valence electrons. The van der Waals surface area contributed by atoms with Crippen molar-refractivity contribution in [3.63, 3.8) is 0 Å². The van der Waals surface area contributed by atoms with Crippen molar-refractivity contribution < 1.29 is 4.74 Å². The number of nitrogens with one attached hydrogen (secondary N) is 2. The van der Waals surface area contributed by atoms with E-state index in [-0.39, 0.29) is 0 Å². The molecule has 0 bridgehead atoms. The third-order valence-electron chi connectivity index (χ3n) is 3.63. The first-order valence-electron chi connectivity index (χ1n) is 7.70. The van der Waals surface area contributed by atoms with E-state index in [1.807, 2.05) is 49.4 Å². The van der Waals surface area contributed by atoms with Gasteiger partial charge in [-0.3, -0.25) is 0 Å². The molecule has 2 N–H and O–H groups in total. The summed E-state index contributed by atoms with van der Waals surface area (Å²) < 4.78 is 5.09. The van der Waals surface area contributed by atoms with Crippen LogP contribution in [0.15, 0.2) is 42.5 Å². The Labute approximate surface area is 146 Å². The average molecular weight is 343 g/mol. The van der Waals surface area contributed by atoms with E-state index in [2.05, 4.69) is 20.6 Å². The van der Waals surface area contributed by atoms with E-state index in [9.17, 15) is 0 Å². The number of hydrogen-bond donors (Lipinski definition) is 2. The Bertz CT molecular complexity index is 854. The zero-order valence-corrected chi connectivity index (χ0v) is 14.4. The van der Waals surface area contributed by atoms with E-state index in [0.29, 0.717) is 24.1 Å². The Morgan fingerprint density at radius 3 is 2.75 bits per heavy atom. The highest BCUT2D eigenvalue weighted by Crippen LogP contribution is 2.25. The smallest absolute Gasteiger partial charge is 0.229 e. The summed E-state index contributed by atoms with van der Waals surface area (Å²) >= 11 is 6.18. The third-order valence-corrected chi connectivity index (χ3v) is 4.04. The molecule has 0 unspecified atom stereocenters. The number of anilines is 3. The van der Waals surface area contributed by atoms with Gasteiger partial charge in [0.2, 0.25) is 5.95 Å². The maximum Gasteiger partial charge on any atom is 0.229 e. The second kappa shape index (κ2) is 7.47. The zero-order valence-electron chi connectivity index (χ0n) is 13.6. The fourth-order valence-electron chi connectivity index (χ4n) is 2.34. The molecule has 0 saturated heterocycles. The van der Waals surface area contributed by atoms with Gasteiger partial charge in [-0.15, -0.1) is 0 Å². The van der Waals surface area contributed by atoms with Gasteiger partial charge >= 0.3 is 0 Å². The summed E-state index contributed by atoms with van der Waals surface area (Å²) in [6, 6.07) is 13.7. The van der Waals surface area contributed by atoms with Crippen molar-refractivity contribution in [1.29, 1.82) is 0 Å². The van der Waals surface area contributed by atoms with Crippen LogP contribution >= 0.6 is 11.6 Å². The Hall–Kier alpha value is -2.37. The van der Waals surface area contributed by atoms with Gasteiger partial charge in [-0.25, -0.2) is 4.98 Å². The number of benzene rings is 2. The molecule has 0 saturated carbocycles. The maximum absolute atomic E-state index is 6.18. The number of halogens is 1. The molecule has 0 atom stereocenters. The predicted molar refractivity (Wildman–Crippen MR) is 99.4 cm³/mol. The number of methoxy groups -OCH3 is 1. The van der Waals surface area contributed by atoms with E-state index in [1.165, 1.54) is 0 Å². The van der Waals surface area contributed by atoms with Crippen LogP contribution in [-0.4, -0.2) is 30.2 Å². The predicted octanol–water partition coefficient (Wildman–Crippen LogP) is 4.39. The van der Waals surface area contributed by atoms with Gasteiger partial charge in [0, 0.05) is 29.8 Å². The molecular weight excluding hydrogens is 324 g/mol. The molecule has 2 aromatic carbocycles. The largest absolute Gasteiger partial charge is 0.383 e. The van der Waals surface area contributed by atoms with Gasteiger partial charge in [0.1, 0.15) is 5.82 Å². The summed E-state index contributed by atoms with van der Waals surface area (Å²) in [6.45, 7) is 3.25. The van der Waals surface area contributed by atoms with Gasteiger partial charge in [-0.2, -0.15) is 4.98 Å². The summed E-state index contributed by atoms with van der Waals surface area (Å²) in [5.41, 5.74) is 2.75. The lowest BCUT2D eigenvalue weighted by molar-refractivity contribution is 0.210. The number of rotatable bonds is 6. The van der Waals surface area contributed by atoms with Crippen molar-refractivity contribution in [2.45, 2.75) is 6.92 Å². The second-order valence-electron chi connectivity index (χ2n) is 5.42. The Kier molecular flexibility index (Phi) is 5.13. The number of para-hydroxylation sites is 1. The quantitative estimate of drug-likeness (QED) is 0.650. The number of aryl methyl sites for hydroxylation is 1. The van der Waals surface area contributed by atoms with E-state index in [1.54, 1.807) is 7.11 Å². The second-order valence-corrected chi connectivity index (χ2v) is 5.83. The SMILES string of the molecule is COCCNc1nc(Nc2ccc(C)c(Cl)c2)nc2ccccc12. The van der Waals surface area contributed by atoms with Crippen LogP contribution in [0.3, 0.4) is 0 Å². The van der Waals surface area contributed by atoms with Gasteiger partial charge in [0.15, 0.2) is 0 Å². The topological polar surface area (TPSA) is 59.1 Å². The molecule has 24 heavy (non-hydrogen) atoms. The standard InChI is InChI=1S/C18H19ClN4O/c1-12-7-8-13(11-15(12)19)21-18-22-16-6-4-3-5-14(16)17(23-18)20-9-10-24-2/h3-8,11H,9-10H2,1-2H3,(H2,20,21,22,23). The Morgan fingerprint density at radius 1 is 1.12 bits per heavy atom. The summed E-state index contributed by atoms with van der Waals surface area (Å²) in [4.78, 5) is 9.16. The lowest BCUT2D eigenvalue weighted by atomic mass is 10.2. The van der Waals surface area contributed by atoms with Crippen LogP contribution in [0, 0.1) is 6.92 Å². The van der Waals surface area contributed by atoms with Crippen molar-refractivity contribution in [2.75, 3.05) is 30.9 Å². The highest BCUT2D eigenvalue weighted by molar-refractivity contribution is 6.31. The van der Waals surface area contributed by atoms with Crippen molar-refractivity contribution in [2.24, 2.45) is 0 Å². The van der Waals surface area contributed by atoms with E-state index < -0.39 is 0 Å². The zero-order chi connectivity index (χ0) is 16.9. The number of hydrogen-bond acceptors (Lipinski definition) is 5. The number of fused-ring (bicyclic) bond motifs is 1. The van der Waals surface area contributed by atoms with Gasteiger partial charge < -0.3 is 15.4 Å². The number of nitrogens with zero attached hydrogens (tertiary/aromatic N) is 2. The number of ether oxygens (including phenoxy) is 1. The van der Waals surface area contributed by atoms with Gasteiger partial charge in [-0.05, 0) is 36.8 Å². The molecule has 0 aliphatic carbocycles. The molecule has 0 aliphatic rings. The molecule has 6 heteroatoms. The Morgan fingerprint density at radius 2 is 1.96 bits per heavy atom. The van der Waals surface area contributed by atoms with Crippen LogP contribution in [0.25, 0.3) is 10.9 Å². The molecule has 0 amide bonds. The minimum absolute atomic E-state index is 0.522. The van der Waals surface area contributed by atoms with Crippen molar-refractivity contribution in [3.05, 3.63) is 53.1 Å². The van der Waals surface area contributed by atoms with Gasteiger partial charge in [0.05, 0.1) is 12.1 Å². The summed E-state index contributed by atoms with van der Waals surface area (Å²) in [5.74, 6) is 1.30. The molecule has 0 fully saturated rings. The minimum Gasteiger partial charge on any atom is -0.383 e. The molecule has 3 rings (SSSR count). The van der Waals surface area contributed by atoms with Gasteiger partial charge in [0.25, 0.3) is 0 Å². The lowest BCUT2D eigenvalue weighted by Gasteiger charge is -2.12. The van der Waals surface area contributed by atoms with Crippen molar-refractivity contribution >= 4 is 40.0 Å². The fourth-order valence-corrected chi connectivity index (χ4v) is 2.52. The summed E-state index contributed by atoms with van der Waals surface area (Å²) in [5, 5.41) is 8.19. The van der Waals surface area contributed by atoms with Crippen LogP contribution in [0.5, 0.6) is 0 Å². The maximum atomic E-state index is 6.18. The number of aromatic nitrogens is 2. The molecule has 5 nitrogen and oxygen atoms in total. The monoisotopic (exact) mass is 342 g/mol. The molecule has 1 aromatic heterocycles. The first kappa shape index (κ1) is 16.5. The first-order chi connectivity index (χ1) is 11.7. The van der Waals surface area contributed by atoms with Crippen molar-refractivity contribution in [3.8, 4) is 0 Å². The molecule has 0 aliphatic heterocycles. The van der Waals surface area contributed by atoms with Crippen LogP contribution in [0.2, 0.25) is 5.02 Å². The molecule has 0 radical (unpaired) electrons. The normalized spacial score (nSPS) is 10.8. The minimum atomic E-state index is 0.522. The van der Waals surface area contributed by atoms with Crippen molar-refractivity contribution in [1.82, 2.24) is 9.97 Å². The lowest BCUT2D eigenvalue weighted by Crippen LogP contribution is -2.10. The van der Waals surface area contributed by atoms with Crippen LogP contribution in [0.4, 0.5) is 17.5 Å². The van der Waals surface area contributed by atoms with E-state index in [0.717, 1.165) is 28.0 Å². The third kappa shape index (κ3) is 3.75. The van der Waals surface area contributed by atoms with E-state index >= 15 is 0 Å². The Balaban J connectivity index is 1.93. The highest BCUT2D eigenvalue weighted by Gasteiger charge is 2.08. The van der Waals surface area contributed by atoms with Crippen LogP contribution in [-0.2, 0) is 4.74 Å².